The number of hydrogen-bond donors (Lipinski definition) is 2. The quantitative estimate of drug-likeness (QED) is 0.806. The molecule has 0 bridgehead atoms. The lowest BCUT2D eigenvalue weighted by molar-refractivity contribution is -0.126. The maximum atomic E-state index is 12.8. The molecule has 4 nitrogen and oxygen atoms in total. The average Bonchev–Trinajstić information content (AvgIpc) is 2.58. The van der Waals surface area contributed by atoms with Crippen LogP contribution in [-0.4, -0.2) is 18.4 Å². The molecule has 136 valence electrons. The van der Waals surface area contributed by atoms with Crippen LogP contribution in [0.2, 0.25) is 10.0 Å². The molecule has 0 saturated carbocycles. The average molecular weight is 391 g/mol. The first-order chi connectivity index (χ1) is 12.3. The maximum Gasteiger partial charge on any atom is 0.228 e. The van der Waals surface area contributed by atoms with Crippen molar-refractivity contribution in [1.29, 1.82) is 0 Å². The molecule has 0 fully saturated rings. The van der Waals surface area contributed by atoms with Gasteiger partial charge in [-0.2, -0.15) is 0 Å². The Labute approximate surface area is 162 Å². The van der Waals surface area contributed by atoms with Gasteiger partial charge in [-0.1, -0.05) is 61.3 Å². The van der Waals surface area contributed by atoms with Crippen LogP contribution in [-0.2, 0) is 15.0 Å². The summed E-state index contributed by atoms with van der Waals surface area (Å²) < 4.78 is 0. The summed E-state index contributed by atoms with van der Waals surface area (Å²) in [6.45, 7) is 4.30. The Hall–Kier alpha value is -2.04. The van der Waals surface area contributed by atoms with E-state index in [0.29, 0.717) is 22.3 Å². The summed E-state index contributed by atoms with van der Waals surface area (Å²) in [5.41, 5.74) is 1.86. The van der Waals surface area contributed by atoms with E-state index >= 15 is 0 Å². The standard InChI is InChI=1S/C20H20Cl2N2O2/c1-20(2,18-14(21)7-5-8-15(18)22)11-23-19(26)13-10-17(25)24-16-9-4-3-6-12(13)16/h3-9,13H,10-11H2,1-2H3,(H,23,26)(H,24,25). The van der Waals surface area contributed by atoms with Gasteiger partial charge in [0.05, 0.1) is 5.92 Å². The molecule has 0 aromatic heterocycles. The summed E-state index contributed by atoms with van der Waals surface area (Å²) in [7, 11) is 0. The number of nitrogens with one attached hydrogen (secondary N) is 2. The van der Waals surface area contributed by atoms with Crippen LogP contribution in [0.15, 0.2) is 42.5 Å². The summed E-state index contributed by atoms with van der Waals surface area (Å²) in [5.74, 6) is -0.835. The molecular formula is C20H20Cl2N2O2. The minimum atomic E-state index is -0.502. The van der Waals surface area contributed by atoms with Crippen molar-refractivity contribution in [2.45, 2.75) is 31.6 Å². The Morgan fingerprint density at radius 3 is 2.50 bits per heavy atom. The zero-order valence-electron chi connectivity index (χ0n) is 14.6. The largest absolute Gasteiger partial charge is 0.355 e. The smallest absolute Gasteiger partial charge is 0.228 e. The van der Waals surface area contributed by atoms with Crippen LogP contribution in [0.3, 0.4) is 0 Å². The monoisotopic (exact) mass is 390 g/mol. The molecule has 2 N–H and O–H groups in total. The van der Waals surface area contributed by atoms with Crippen molar-refractivity contribution in [2.75, 3.05) is 11.9 Å². The Kier molecular flexibility index (Phi) is 5.26. The minimum Gasteiger partial charge on any atom is -0.355 e. The molecule has 0 saturated heterocycles. The van der Waals surface area contributed by atoms with Gasteiger partial charge in [-0.15, -0.1) is 0 Å². The van der Waals surface area contributed by atoms with Crippen molar-refractivity contribution in [3.63, 3.8) is 0 Å². The van der Waals surface area contributed by atoms with Gasteiger partial charge >= 0.3 is 0 Å². The van der Waals surface area contributed by atoms with Crippen molar-refractivity contribution < 1.29 is 9.59 Å². The van der Waals surface area contributed by atoms with Gasteiger partial charge in [0.1, 0.15) is 0 Å². The molecule has 0 radical (unpaired) electrons. The number of carbonyl (C=O) groups is 2. The molecule has 0 spiro atoms. The molecule has 6 heteroatoms. The van der Waals surface area contributed by atoms with E-state index in [-0.39, 0.29) is 18.2 Å². The summed E-state index contributed by atoms with van der Waals surface area (Å²) in [6.07, 6.45) is 0.135. The van der Waals surface area contributed by atoms with Crippen molar-refractivity contribution in [3.8, 4) is 0 Å². The maximum absolute atomic E-state index is 12.8. The second kappa shape index (κ2) is 7.29. The third-order valence-corrected chi connectivity index (χ3v) is 5.29. The first-order valence-corrected chi connectivity index (χ1v) is 9.16. The third-order valence-electron chi connectivity index (χ3n) is 4.66. The number of amides is 2. The number of anilines is 1. The number of halogens is 2. The zero-order valence-corrected chi connectivity index (χ0v) is 16.1. The summed E-state index contributed by atoms with van der Waals surface area (Å²) in [5, 5.41) is 6.91. The number of hydrogen-bond acceptors (Lipinski definition) is 2. The van der Waals surface area contributed by atoms with Gasteiger partial charge in [0, 0.05) is 34.1 Å². The molecule has 1 aliphatic rings. The van der Waals surface area contributed by atoms with Gasteiger partial charge in [-0.25, -0.2) is 0 Å². The Morgan fingerprint density at radius 2 is 1.81 bits per heavy atom. The number of benzene rings is 2. The molecule has 2 aromatic carbocycles. The van der Waals surface area contributed by atoms with E-state index in [4.69, 9.17) is 23.2 Å². The topological polar surface area (TPSA) is 58.2 Å². The fourth-order valence-corrected chi connectivity index (χ4v) is 4.22. The minimum absolute atomic E-state index is 0.135. The summed E-state index contributed by atoms with van der Waals surface area (Å²) in [4.78, 5) is 24.7. The first-order valence-electron chi connectivity index (χ1n) is 8.40. The van der Waals surface area contributed by atoms with Gasteiger partial charge in [0.2, 0.25) is 11.8 Å². The fraction of sp³-hybridized carbons (Fsp3) is 0.300. The van der Waals surface area contributed by atoms with Crippen molar-refractivity contribution in [3.05, 3.63) is 63.6 Å². The van der Waals surface area contributed by atoms with E-state index in [1.54, 1.807) is 24.3 Å². The SMILES string of the molecule is CC(C)(CNC(=O)C1CC(=O)Nc2ccccc21)c1c(Cl)cccc1Cl. The molecule has 1 unspecified atom stereocenters. The number of para-hydroxylation sites is 1. The lowest BCUT2D eigenvalue weighted by atomic mass is 9.83. The highest BCUT2D eigenvalue weighted by molar-refractivity contribution is 6.36. The Balaban J connectivity index is 1.78. The predicted molar refractivity (Wildman–Crippen MR) is 105 cm³/mol. The van der Waals surface area contributed by atoms with Gasteiger partial charge < -0.3 is 10.6 Å². The van der Waals surface area contributed by atoms with E-state index in [0.717, 1.165) is 11.1 Å². The number of carbonyl (C=O) groups excluding carboxylic acids is 2. The summed E-state index contributed by atoms with van der Waals surface area (Å²) in [6, 6.07) is 12.7. The number of fused-ring (bicyclic) bond motifs is 1. The molecule has 0 aliphatic carbocycles. The van der Waals surface area contributed by atoms with Crippen LogP contribution >= 0.6 is 23.2 Å². The van der Waals surface area contributed by atoms with E-state index in [2.05, 4.69) is 10.6 Å². The highest BCUT2D eigenvalue weighted by Crippen LogP contribution is 2.36. The molecule has 26 heavy (non-hydrogen) atoms. The molecule has 1 heterocycles. The van der Waals surface area contributed by atoms with Crippen LogP contribution in [0.4, 0.5) is 5.69 Å². The van der Waals surface area contributed by atoms with E-state index in [1.807, 2.05) is 32.0 Å². The summed E-state index contributed by atoms with van der Waals surface area (Å²) >= 11 is 12.6. The molecule has 2 amide bonds. The van der Waals surface area contributed by atoms with E-state index in [9.17, 15) is 9.59 Å². The molecule has 1 atom stereocenters. The van der Waals surface area contributed by atoms with Gasteiger partial charge in [-0.05, 0) is 29.3 Å². The molecule has 1 aliphatic heterocycles. The lowest BCUT2D eigenvalue weighted by Crippen LogP contribution is -2.41. The van der Waals surface area contributed by atoms with E-state index in [1.165, 1.54) is 0 Å². The molecule has 3 rings (SSSR count). The van der Waals surface area contributed by atoms with Crippen molar-refractivity contribution >= 4 is 40.7 Å². The zero-order chi connectivity index (χ0) is 18.9. The van der Waals surface area contributed by atoms with Crippen LogP contribution in [0, 0.1) is 0 Å². The molecule has 2 aromatic rings. The predicted octanol–water partition coefficient (Wildman–Crippen LogP) is 4.51. The Bertz CT molecular complexity index is 844. The molecular weight excluding hydrogens is 371 g/mol. The Morgan fingerprint density at radius 1 is 1.15 bits per heavy atom. The van der Waals surface area contributed by atoms with E-state index < -0.39 is 11.3 Å². The normalized spacial score (nSPS) is 16.6. The van der Waals surface area contributed by atoms with Gasteiger partial charge in [-0.3, -0.25) is 9.59 Å². The first kappa shape index (κ1) is 18.7. The fourth-order valence-electron chi connectivity index (χ4n) is 3.31. The van der Waals surface area contributed by atoms with Crippen molar-refractivity contribution in [1.82, 2.24) is 5.32 Å². The van der Waals surface area contributed by atoms with Gasteiger partial charge in [0.25, 0.3) is 0 Å². The lowest BCUT2D eigenvalue weighted by Gasteiger charge is -2.30. The van der Waals surface area contributed by atoms with Crippen LogP contribution < -0.4 is 10.6 Å². The highest BCUT2D eigenvalue weighted by Gasteiger charge is 2.32. The second-order valence-corrected chi connectivity index (χ2v) is 7.90. The third kappa shape index (κ3) is 3.71. The van der Waals surface area contributed by atoms with Crippen LogP contribution in [0.5, 0.6) is 0 Å². The van der Waals surface area contributed by atoms with Crippen LogP contribution in [0.25, 0.3) is 0 Å². The van der Waals surface area contributed by atoms with Crippen LogP contribution in [0.1, 0.15) is 37.3 Å². The van der Waals surface area contributed by atoms with Crippen molar-refractivity contribution in [2.24, 2.45) is 0 Å². The van der Waals surface area contributed by atoms with Gasteiger partial charge in [0.15, 0.2) is 0 Å². The number of rotatable bonds is 4. The second-order valence-electron chi connectivity index (χ2n) is 7.09. The highest BCUT2D eigenvalue weighted by atomic mass is 35.5.